The highest BCUT2D eigenvalue weighted by atomic mass is 32.2. The number of carbonyl (C=O) groups is 1. The highest BCUT2D eigenvalue weighted by Gasteiger charge is 2.37. The van der Waals surface area contributed by atoms with Crippen LogP contribution in [0.1, 0.15) is 34.6 Å². The van der Waals surface area contributed by atoms with Gasteiger partial charge in [0.25, 0.3) is 10.2 Å². The second-order valence-corrected chi connectivity index (χ2v) is 7.41. The Morgan fingerprint density at radius 2 is 1.86 bits per heavy atom. The molecule has 0 aromatic carbocycles. The minimum atomic E-state index is -3.72. The minimum Gasteiger partial charge on any atom is -0.465 e. The molecule has 1 rings (SSSR count). The number of ether oxygens (including phenoxy) is 2. The number of rotatable bonds is 6. The van der Waals surface area contributed by atoms with Crippen LogP contribution in [0.5, 0.6) is 0 Å². The Kier molecular flexibility index (Phi) is 6.58. The summed E-state index contributed by atoms with van der Waals surface area (Å²) in [5.74, 6) is -0.538. The SMILES string of the molecule is CCOC(=O)CN(C(C)C)S(=O)(=O)N1CC(C)OC(C)C1. The van der Waals surface area contributed by atoms with Crippen molar-refractivity contribution in [2.75, 3.05) is 26.2 Å². The molecule has 0 saturated carbocycles. The molecule has 7 nitrogen and oxygen atoms in total. The van der Waals surface area contributed by atoms with Gasteiger partial charge in [0.15, 0.2) is 0 Å². The Morgan fingerprint density at radius 1 is 1.33 bits per heavy atom. The minimum absolute atomic E-state index is 0.167. The van der Waals surface area contributed by atoms with E-state index in [9.17, 15) is 13.2 Å². The van der Waals surface area contributed by atoms with Crippen molar-refractivity contribution in [2.24, 2.45) is 0 Å². The van der Waals surface area contributed by atoms with E-state index in [0.29, 0.717) is 13.1 Å². The van der Waals surface area contributed by atoms with Gasteiger partial charge in [0.1, 0.15) is 6.54 Å². The molecule has 0 N–H and O–H groups in total. The zero-order valence-electron chi connectivity index (χ0n) is 13.4. The molecule has 1 heterocycles. The van der Waals surface area contributed by atoms with Gasteiger partial charge in [-0.2, -0.15) is 17.0 Å². The van der Waals surface area contributed by atoms with Crippen molar-refractivity contribution in [3.8, 4) is 0 Å². The lowest BCUT2D eigenvalue weighted by molar-refractivity contribution is -0.143. The number of hydrogen-bond donors (Lipinski definition) is 0. The summed E-state index contributed by atoms with van der Waals surface area (Å²) >= 11 is 0. The van der Waals surface area contributed by atoms with E-state index in [4.69, 9.17) is 9.47 Å². The Balaban J connectivity index is 2.91. The van der Waals surface area contributed by atoms with Crippen LogP contribution in [0.4, 0.5) is 0 Å². The van der Waals surface area contributed by atoms with Crippen LogP contribution in [0.25, 0.3) is 0 Å². The molecule has 0 aliphatic carbocycles. The average Bonchev–Trinajstić information content (AvgIpc) is 2.34. The van der Waals surface area contributed by atoms with Crippen LogP contribution < -0.4 is 0 Å². The molecule has 0 aromatic rings. The van der Waals surface area contributed by atoms with Crippen LogP contribution in [-0.2, 0) is 24.5 Å². The van der Waals surface area contributed by atoms with Crippen molar-refractivity contribution < 1.29 is 22.7 Å². The van der Waals surface area contributed by atoms with Gasteiger partial charge in [-0.25, -0.2) is 0 Å². The molecule has 0 radical (unpaired) electrons. The van der Waals surface area contributed by atoms with Gasteiger partial charge in [0.2, 0.25) is 0 Å². The lowest BCUT2D eigenvalue weighted by Gasteiger charge is -2.38. The van der Waals surface area contributed by atoms with Crippen molar-refractivity contribution in [1.29, 1.82) is 0 Å². The monoisotopic (exact) mass is 322 g/mol. The van der Waals surface area contributed by atoms with E-state index in [1.54, 1.807) is 20.8 Å². The van der Waals surface area contributed by atoms with Gasteiger partial charge in [-0.15, -0.1) is 0 Å². The molecule has 124 valence electrons. The molecule has 8 heteroatoms. The second-order valence-electron chi connectivity index (χ2n) is 5.53. The Bertz CT molecular complexity index is 441. The van der Waals surface area contributed by atoms with Crippen LogP contribution in [0, 0.1) is 0 Å². The summed E-state index contributed by atoms with van der Waals surface area (Å²) < 4.78 is 38.5. The van der Waals surface area contributed by atoms with Crippen molar-refractivity contribution in [2.45, 2.75) is 52.9 Å². The fraction of sp³-hybridized carbons (Fsp3) is 0.923. The Morgan fingerprint density at radius 3 is 2.29 bits per heavy atom. The maximum absolute atomic E-state index is 12.7. The van der Waals surface area contributed by atoms with E-state index >= 15 is 0 Å². The Hall–Kier alpha value is -0.700. The highest BCUT2D eigenvalue weighted by molar-refractivity contribution is 7.86. The van der Waals surface area contributed by atoms with Crippen LogP contribution in [0.2, 0.25) is 0 Å². The van der Waals surface area contributed by atoms with Crippen LogP contribution in [0.3, 0.4) is 0 Å². The molecule has 0 spiro atoms. The first-order valence-electron chi connectivity index (χ1n) is 7.26. The summed E-state index contributed by atoms with van der Waals surface area (Å²) in [5.41, 5.74) is 0. The fourth-order valence-electron chi connectivity index (χ4n) is 2.33. The third-order valence-corrected chi connectivity index (χ3v) is 5.27. The molecule has 1 aliphatic rings. The van der Waals surface area contributed by atoms with Gasteiger partial charge in [0, 0.05) is 19.1 Å². The normalized spacial score (nSPS) is 24.5. The molecule has 0 amide bonds. The molecule has 2 atom stereocenters. The van der Waals surface area contributed by atoms with E-state index in [0.717, 1.165) is 0 Å². The number of carbonyl (C=O) groups excluding carboxylic acids is 1. The quantitative estimate of drug-likeness (QED) is 0.670. The summed E-state index contributed by atoms with van der Waals surface area (Å²) in [4.78, 5) is 11.6. The molecule has 2 unspecified atom stereocenters. The van der Waals surface area contributed by atoms with Gasteiger partial charge < -0.3 is 9.47 Å². The predicted molar refractivity (Wildman–Crippen MR) is 79.0 cm³/mol. The number of hydrogen-bond acceptors (Lipinski definition) is 5. The standard InChI is InChI=1S/C13H26N2O5S/c1-6-19-13(16)9-15(10(2)3)21(17,18)14-7-11(4)20-12(5)8-14/h10-12H,6-9H2,1-5H3. The van der Waals surface area contributed by atoms with Crippen molar-refractivity contribution in [3.63, 3.8) is 0 Å². The fourth-order valence-corrected chi connectivity index (χ4v) is 4.23. The van der Waals surface area contributed by atoms with Crippen molar-refractivity contribution in [3.05, 3.63) is 0 Å². The van der Waals surface area contributed by atoms with E-state index in [1.165, 1.54) is 8.61 Å². The summed E-state index contributed by atoms with van der Waals surface area (Å²) in [6, 6.07) is -0.326. The van der Waals surface area contributed by atoms with Crippen LogP contribution >= 0.6 is 0 Å². The van der Waals surface area contributed by atoms with E-state index in [2.05, 4.69) is 0 Å². The first-order valence-corrected chi connectivity index (χ1v) is 8.66. The molecule has 1 aliphatic heterocycles. The first-order chi connectivity index (χ1) is 9.68. The second kappa shape index (κ2) is 7.53. The summed E-state index contributed by atoms with van der Waals surface area (Å²) in [7, 11) is -3.72. The van der Waals surface area contributed by atoms with Crippen LogP contribution in [0.15, 0.2) is 0 Å². The molecule has 21 heavy (non-hydrogen) atoms. The van der Waals surface area contributed by atoms with E-state index < -0.39 is 16.2 Å². The largest absolute Gasteiger partial charge is 0.465 e. The molecule has 0 aromatic heterocycles. The molecular formula is C13H26N2O5S. The van der Waals surface area contributed by atoms with E-state index in [-0.39, 0.29) is 31.4 Å². The number of morpholine rings is 1. The maximum Gasteiger partial charge on any atom is 0.321 e. The summed E-state index contributed by atoms with van der Waals surface area (Å²) in [6.45, 7) is 9.39. The van der Waals surface area contributed by atoms with Crippen molar-refractivity contribution >= 4 is 16.2 Å². The molecular weight excluding hydrogens is 296 g/mol. The first kappa shape index (κ1) is 18.3. The van der Waals surface area contributed by atoms with Gasteiger partial charge >= 0.3 is 5.97 Å². The lowest BCUT2D eigenvalue weighted by Crippen LogP contribution is -2.55. The summed E-state index contributed by atoms with van der Waals surface area (Å²) in [5, 5.41) is 0. The lowest BCUT2D eigenvalue weighted by atomic mass is 10.3. The third-order valence-electron chi connectivity index (χ3n) is 3.17. The van der Waals surface area contributed by atoms with Crippen molar-refractivity contribution in [1.82, 2.24) is 8.61 Å². The molecule has 1 fully saturated rings. The summed E-state index contributed by atoms with van der Waals surface area (Å²) in [6.07, 6.45) is -0.333. The smallest absolute Gasteiger partial charge is 0.321 e. The highest BCUT2D eigenvalue weighted by Crippen LogP contribution is 2.19. The van der Waals surface area contributed by atoms with Gasteiger partial charge in [-0.05, 0) is 34.6 Å². The Labute approximate surface area is 127 Å². The van der Waals surface area contributed by atoms with Crippen LogP contribution in [-0.4, -0.2) is 67.5 Å². The molecule has 0 bridgehead atoms. The third kappa shape index (κ3) is 4.91. The maximum atomic E-state index is 12.7. The number of esters is 1. The van der Waals surface area contributed by atoms with Gasteiger partial charge in [-0.3, -0.25) is 4.79 Å². The van der Waals surface area contributed by atoms with Gasteiger partial charge in [-0.1, -0.05) is 0 Å². The zero-order chi connectivity index (χ0) is 16.2. The predicted octanol–water partition coefficient (Wildman–Crippen LogP) is 0.614. The topological polar surface area (TPSA) is 76.2 Å². The number of nitrogens with zero attached hydrogens (tertiary/aromatic N) is 2. The average molecular weight is 322 g/mol. The zero-order valence-corrected chi connectivity index (χ0v) is 14.2. The van der Waals surface area contributed by atoms with Gasteiger partial charge in [0.05, 0.1) is 18.8 Å². The van der Waals surface area contributed by atoms with E-state index in [1.807, 2.05) is 13.8 Å². The molecule has 1 saturated heterocycles.